The van der Waals surface area contributed by atoms with Crippen molar-refractivity contribution in [1.82, 2.24) is 15.5 Å². The van der Waals surface area contributed by atoms with E-state index >= 15 is 0 Å². The van der Waals surface area contributed by atoms with Gasteiger partial charge in [0.2, 0.25) is 5.91 Å². The third-order valence-corrected chi connectivity index (χ3v) is 6.36. The first-order chi connectivity index (χ1) is 15.5. The van der Waals surface area contributed by atoms with E-state index in [1.807, 2.05) is 35.2 Å². The van der Waals surface area contributed by atoms with Crippen molar-refractivity contribution in [2.24, 2.45) is 5.92 Å². The lowest BCUT2D eigenvalue weighted by Gasteiger charge is -2.28. The van der Waals surface area contributed by atoms with E-state index in [0.29, 0.717) is 25.2 Å². The summed E-state index contributed by atoms with van der Waals surface area (Å²) in [6, 6.07) is 9.40. The van der Waals surface area contributed by atoms with E-state index in [1.165, 1.54) is 6.20 Å². The number of anilines is 2. The lowest BCUT2D eigenvalue weighted by molar-refractivity contribution is -0.120. The van der Waals surface area contributed by atoms with E-state index in [9.17, 15) is 14.4 Å². The number of carbonyl (C=O) groups excluding carboxylic acids is 2. The second-order valence-corrected chi connectivity index (χ2v) is 8.59. The van der Waals surface area contributed by atoms with E-state index in [2.05, 4.69) is 20.8 Å². The van der Waals surface area contributed by atoms with Gasteiger partial charge < -0.3 is 20.3 Å². The lowest BCUT2D eigenvalue weighted by Crippen LogP contribution is -2.41. The number of aromatic amines is 1. The van der Waals surface area contributed by atoms with Crippen LogP contribution in [0.15, 0.2) is 41.3 Å². The maximum Gasteiger partial charge on any atom is 0.407 e. The number of ether oxygens (including phenoxy) is 1. The molecular formula is C22H26ClN5O4. The number of benzene rings is 1. The molecule has 0 radical (unpaired) electrons. The van der Waals surface area contributed by atoms with Crippen LogP contribution in [0.4, 0.5) is 16.2 Å². The number of nitrogens with one attached hydrogen (secondary N) is 3. The van der Waals surface area contributed by atoms with Crippen molar-refractivity contribution in [2.45, 2.75) is 44.2 Å². The normalized spacial score (nSPS) is 22.9. The Labute approximate surface area is 190 Å². The number of para-hydroxylation sites is 1. The van der Waals surface area contributed by atoms with Crippen LogP contribution in [0.1, 0.15) is 32.1 Å². The molecule has 10 heteroatoms. The zero-order chi connectivity index (χ0) is 22.5. The fraction of sp³-hybridized carbons (Fsp3) is 0.455. The minimum absolute atomic E-state index is 0.00731. The average Bonchev–Trinajstić information content (AvgIpc) is 3.24. The smallest absolute Gasteiger partial charge is 0.407 e. The molecule has 2 aliphatic rings. The average molecular weight is 460 g/mol. The summed E-state index contributed by atoms with van der Waals surface area (Å²) >= 11 is 6.06. The Balaban J connectivity index is 1.20. The molecule has 3 N–H and O–H groups in total. The fourth-order valence-corrected chi connectivity index (χ4v) is 4.47. The van der Waals surface area contributed by atoms with Gasteiger partial charge in [0.05, 0.1) is 18.4 Å². The molecule has 1 aliphatic carbocycles. The van der Waals surface area contributed by atoms with Crippen LogP contribution in [-0.4, -0.2) is 47.4 Å². The number of hydrogen-bond acceptors (Lipinski definition) is 6. The number of alkyl carbamates (subject to hydrolysis) is 1. The summed E-state index contributed by atoms with van der Waals surface area (Å²) in [5.41, 5.74) is 0.887. The van der Waals surface area contributed by atoms with Crippen molar-refractivity contribution >= 4 is 35.0 Å². The highest BCUT2D eigenvalue weighted by atomic mass is 35.5. The van der Waals surface area contributed by atoms with Gasteiger partial charge in [-0.25, -0.2) is 9.89 Å². The Morgan fingerprint density at radius 2 is 1.88 bits per heavy atom. The molecule has 0 bridgehead atoms. The highest BCUT2D eigenvalue weighted by Gasteiger charge is 2.30. The van der Waals surface area contributed by atoms with Gasteiger partial charge in [-0.15, -0.1) is 0 Å². The first kappa shape index (κ1) is 22.1. The second kappa shape index (κ2) is 10.0. The molecule has 1 saturated carbocycles. The van der Waals surface area contributed by atoms with E-state index in [1.54, 1.807) is 0 Å². The van der Waals surface area contributed by atoms with Crippen LogP contribution in [0, 0.1) is 5.92 Å². The largest absolute Gasteiger partial charge is 0.444 e. The molecule has 2 fully saturated rings. The quantitative estimate of drug-likeness (QED) is 0.633. The van der Waals surface area contributed by atoms with Crippen molar-refractivity contribution < 1.29 is 14.3 Å². The molecule has 1 aromatic heterocycles. The van der Waals surface area contributed by atoms with Gasteiger partial charge in [0.25, 0.3) is 5.56 Å². The monoisotopic (exact) mass is 459 g/mol. The Morgan fingerprint density at radius 1 is 1.12 bits per heavy atom. The van der Waals surface area contributed by atoms with Crippen LogP contribution in [0.3, 0.4) is 0 Å². The van der Waals surface area contributed by atoms with Crippen LogP contribution < -0.4 is 21.1 Å². The predicted molar refractivity (Wildman–Crippen MR) is 121 cm³/mol. The second-order valence-electron chi connectivity index (χ2n) is 8.21. The number of nitrogens with zero attached hydrogens (tertiary/aromatic N) is 2. The van der Waals surface area contributed by atoms with Gasteiger partial charge in [0.15, 0.2) is 0 Å². The Kier molecular flexibility index (Phi) is 6.94. The number of amides is 2. The zero-order valence-corrected chi connectivity index (χ0v) is 18.3. The topological polar surface area (TPSA) is 116 Å². The van der Waals surface area contributed by atoms with E-state index in [-0.39, 0.29) is 29.0 Å². The number of aromatic nitrogens is 2. The maximum atomic E-state index is 12.5. The number of carbonyl (C=O) groups is 2. The van der Waals surface area contributed by atoms with Gasteiger partial charge in [-0.3, -0.25) is 9.59 Å². The molecule has 32 heavy (non-hydrogen) atoms. The molecule has 170 valence electrons. The highest BCUT2D eigenvalue weighted by molar-refractivity contribution is 6.33. The van der Waals surface area contributed by atoms with Crippen molar-refractivity contribution in [3.05, 3.63) is 51.9 Å². The molecular weight excluding hydrogens is 434 g/mol. The van der Waals surface area contributed by atoms with Crippen LogP contribution in [-0.2, 0) is 9.53 Å². The van der Waals surface area contributed by atoms with Gasteiger partial charge in [0, 0.05) is 30.6 Å². The first-order valence-corrected chi connectivity index (χ1v) is 11.2. The molecule has 1 saturated heterocycles. The van der Waals surface area contributed by atoms with Crippen LogP contribution >= 0.6 is 11.6 Å². The first-order valence-electron chi connectivity index (χ1n) is 10.8. The van der Waals surface area contributed by atoms with Gasteiger partial charge in [-0.1, -0.05) is 29.8 Å². The summed E-state index contributed by atoms with van der Waals surface area (Å²) in [6.45, 7) is 1.06. The van der Waals surface area contributed by atoms with Gasteiger partial charge in [0.1, 0.15) is 11.1 Å². The van der Waals surface area contributed by atoms with Crippen LogP contribution in [0.2, 0.25) is 5.02 Å². The number of halogens is 1. The summed E-state index contributed by atoms with van der Waals surface area (Å²) in [4.78, 5) is 38.3. The molecule has 1 aliphatic heterocycles. The Morgan fingerprint density at radius 3 is 2.62 bits per heavy atom. The molecule has 9 nitrogen and oxygen atoms in total. The summed E-state index contributed by atoms with van der Waals surface area (Å²) in [5, 5.41) is 12.0. The number of rotatable bonds is 5. The minimum Gasteiger partial charge on any atom is -0.444 e. The lowest BCUT2D eigenvalue weighted by atomic mass is 9.85. The zero-order valence-electron chi connectivity index (χ0n) is 17.6. The van der Waals surface area contributed by atoms with Gasteiger partial charge in [-0.2, -0.15) is 5.10 Å². The summed E-state index contributed by atoms with van der Waals surface area (Å²) in [7, 11) is 0. The molecule has 0 unspecified atom stereocenters. The number of hydrogen-bond donors (Lipinski definition) is 3. The number of H-pyrrole nitrogens is 1. The minimum atomic E-state index is -0.454. The molecule has 1 aromatic carbocycles. The third kappa shape index (κ3) is 5.40. The SMILES string of the molecule is O=C(NC1CCC(C(=O)Nc2ccccc2)CC1)O[C@@H]1CCN(c2cn[nH]c(=O)c2Cl)C1. The van der Waals surface area contributed by atoms with E-state index in [4.69, 9.17) is 16.3 Å². The molecule has 0 spiro atoms. The van der Waals surface area contributed by atoms with Gasteiger partial charge >= 0.3 is 6.09 Å². The summed E-state index contributed by atoms with van der Waals surface area (Å²) in [5.74, 6) is -0.0313. The summed E-state index contributed by atoms with van der Waals surface area (Å²) < 4.78 is 5.57. The standard InChI is InChI=1S/C22H26ClN5O4/c23-19-18(12-24-27-21(19)30)28-11-10-17(13-28)32-22(31)26-16-8-6-14(7-9-16)20(29)25-15-4-2-1-3-5-15/h1-5,12,14,16-17H,6-11,13H2,(H,25,29)(H,26,31)(H,27,30)/t14?,16?,17-/m1/s1. The summed E-state index contributed by atoms with van der Waals surface area (Å²) in [6.07, 6.45) is 4.29. The van der Waals surface area contributed by atoms with Gasteiger partial charge in [-0.05, 0) is 37.8 Å². The predicted octanol–water partition coefficient (Wildman–Crippen LogP) is 2.93. The Hall–Kier alpha value is -3.07. The molecule has 2 heterocycles. The third-order valence-electron chi connectivity index (χ3n) is 6.00. The fourth-order valence-electron chi connectivity index (χ4n) is 4.26. The Bertz CT molecular complexity index is 1010. The maximum absolute atomic E-state index is 12.5. The van der Waals surface area contributed by atoms with Crippen molar-refractivity contribution in [1.29, 1.82) is 0 Å². The molecule has 1 atom stereocenters. The van der Waals surface area contributed by atoms with Crippen molar-refractivity contribution in [3.8, 4) is 0 Å². The van der Waals surface area contributed by atoms with Crippen LogP contribution in [0.5, 0.6) is 0 Å². The van der Waals surface area contributed by atoms with Crippen molar-refractivity contribution in [3.63, 3.8) is 0 Å². The van der Waals surface area contributed by atoms with Crippen molar-refractivity contribution in [2.75, 3.05) is 23.3 Å². The molecule has 2 amide bonds. The van der Waals surface area contributed by atoms with E-state index < -0.39 is 11.7 Å². The van der Waals surface area contributed by atoms with Crippen LogP contribution in [0.25, 0.3) is 0 Å². The molecule has 2 aromatic rings. The van der Waals surface area contributed by atoms with E-state index in [0.717, 1.165) is 31.4 Å². The highest BCUT2D eigenvalue weighted by Crippen LogP contribution is 2.27. The molecule has 4 rings (SSSR count).